The standard InChI is InChI=1S/C16H14FN4O3.C4H10O.K/c17-10-4-3-5-11-14(10)20(16(24)19-6-1-2-7-19)8-12-13(15(22)23)18-9-21(11)12;1-4(2,3)5;/h3-5H,1-2,6-8H2,(H,22,23);5H,1-3H3;/q-1;;+1. The van der Waals surface area contributed by atoms with Gasteiger partial charge in [-0.1, -0.05) is 12.1 Å². The van der Waals surface area contributed by atoms with Gasteiger partial charge in [-0.2, -0.15) is 0 Å². The Morgan fingerprint density at radius 1 is 1.20 bits per heavy atom. The Morgan fingerprint density at radius 2 is 1.80 bits per heavy atom. The first kappa shape index (κ1) is 25.0. The Morgan fingerprint density at radius 3 is 2.37 bits per heavy atom. The number of likely N-dealkylation sites (tertiary alicyclic amines) is 1. The second kappa shape index (κ2) is 9.88. The zero-order valence-corrected chi connectivity index (χ0v) is 20.8. The molecular weight excluding hydrogens is 418 g/mol. The summed E-state index contributed by atoms with van der Waals surface area (Å²) in [5.41, 5.74) is 0.133. The topological polar surface area (TPSA) is 98.9 Å². The zero-order chi connectivity index (χ0) is 21.3. The number of hydrogen-bond acceptors (Lipinski definition) is 4. The van der Waals surface area contributed by atoms with Gasteiger partial charge < -0.3 is 29.6 Å². The molecule has 3 heterocycles. The predicted octanol–water partition coefficient (Wildman–Crippen LogP) is -0.173. The van der Waals surface area contributed by atoms with E-state index >= 15 is 0 Å². The first-order chi connectivity index (χ1) is 13.6. The first-order valence-electron chi connectivity index (χ1n) is 9.38. The van der Waals surface area contributed by atoms with E-state index in [9.17, 15) is 19.1 Å². The van der Waals surface area contributed by atoms with Crippen LogP contribution in [0, 0.1) is 12.1 Å². The molecule has 0 bridgehead atoms. The second-order valence-electron chi connectivity index (χ2n) is 7.99. The molecule has 2 aromatic rings. The average Bonchev–Trinajstić information content (AvgIpc) is 3.29. The van der Waals surface area contributed by atoms with Gasteiger partial charge in [-0.15, -0.1) is 0 Å². The Labute approximate surface area is 217 Å². The number of benzene rings is 1. The third kappa shape index (κ3) is 5.48. The van der Waals surface area contributed by atoms with Crippen molar-refractivity contribution in [2.24, 2.45) is 0 Å². The van der Waals surface area contributed by atoms with Crippen LogP contribution in [0.5, 0.6) is 0 Å². The number of aromatic carboxylic acids is 1. The summed E-state index contributed by atoms with van der Waals surface area (Å²) in [4.78, 5) is 30.9. The first-order valence-corrected chi connectivity index (χ1v) is 9.38. The molecule has 1 aromatic carbocycles. The number of anilines is 1. The molecule has 0 atom stereocenters. The van der Waals surface area contributed by atoms with E-state index in [4.69, 9.17) is 5.11 Å². The van der Waals surface area contributed by atoms with Gasteiger partial charge in [0.15, 0.2) is 0 Å². The number of amides is 2. The second-order valence-corrected chi connectivity index (χ2v) is 7.99. The minimum Gasteiger partial charge on any atom is -0.484 e. The Bertz CT molecular complexity index is 929. The molecule has 10 heteroatoms. The van der Waals surface area contributed by atoms with Crippen molar-refractivity contribution in [2.75, 3.05) is 18.0 Å². The number of imidazole rings is 1. The minimum atomic E-state index is -1.20. The fourth-order valence-corrected chi connectivity index (χ4v) is 3.27. The number of para-hydroxylation sites is 1. The third-order valence-corrected chi connectivity index (χ3v) is 4.40. The summed E-state index contributed by atoms with van der Waals surface area (Å²) in [7, 11) is 0. The van der Waals surface area contributed by atoms with Gasteiger partial charge in [0.05, 0.1) is 17.0 Å². The molecule has 30 heavy (non-hydrogen) atoms. The maximum Gasteiger partial charge on any atom is 1.00 e. The number of nitrogens with zero attached hydrogens (tertiary/aromatic N) is 4. The number of halogens is 1. The summed E-state index contributed by atoms with van der Waals surface area (Å²) in [5.74, 6) is -1.74. The molecule has 1 fully saturated rings. The number of rotatable bonds is 1. The van der Waals surface area contributed by atoms with Gasteiger partial charge in [-0.05, 0) is 51.1 Å². The smallest absolute Gasteiger partial charge is 0.484 e. The largest absolute Gasteiger partial charge is 1.00 e. The summed E-state index contributed by atoms with van der Waals surface area (Å²) in [6, 6.07) is 4.09. The van der Waals surface area contributed by atoms with Crippen LogP contribution < -0.4 is 56.3 Å². The molecule has 4 rings (SSSR count). The molecule has 0 spiro atoms. The van der Waals surface area contributed by atoms with E-state index in [0.717, 1.165) is 12.8 Å². The number of carbonyl (C=O) groups is 2. The number of aromatic nitrogens is 2. The van der Waals surface area contributed by atoms with E-state index in [1.54, 1.807) is 31.7 Å². The van der Waals surface area contributed by atoms with Crippen LogP contribution >= 0.6 is 0 Å². The number of carboxylic acid groups (broad SMARTS) is 1. The molecular formula is C20H24FKN4O4. The van der Waals surface area contributed by atoms with Crippen LogP contribution in [-0.2, 0) is 6.54 Å². The van der Waals surface area contributed by atoms with E-state index in [0.29, 0.717) is 24.5 Å². The summed E-state index contributed by atoms with van der Waals surface area (Å²) in [5, 5.41) is 17.8. The van der Waals surface area contributed by atoms with Crippen molar-refractivity contribution >= 4 is 17.7 Å². The maximum atomic E-state index is 14.5. The van der Waals surface area contributed by atoms with E-state index < -0.39 is 17.4 Å². The van der Waals surface area contributed by atoms with Crippen LogP contribution in [0.2, 0.25) is 0 Å². The molecule has 0 radical (unpaired) electrons. The van der Waals surface area contributed by atoms with E-state index in [1.807, 2.05) is 0 Å². The SMILES string of the molecule is CC(C)(C)O.O=C(O)c1n[c-]n2c1CN(C(=O)N1CCCC1)c1c(F)cccc1-2.[K+]. The number of carboxylic acids is 1. The van der Waals surface area contributed by atoms with Crippen molar-refractivity contribution in [3.8, 4) is 5.69 Å². The minimum absolute atomic E-state index is 0. The number of hydrogen-bond donors (Lipinski definition) is 2. The van der Waals surface area contributed by atoms with Gasteiger partial charge in [0, 0.05) is 26.0 Å². The fourth-order valence-electron chi connectivity index (χ4n) is 3.27. The fraction of sp³-hybridized carbons (Fsp3) is 0.450. The molecule has 2 amide bonds. The van der Waals surface area contributed by atoms with Crippen molar-refractivity contribution in [3.63, 3.8) is 0 Å². The number of carbonyl (C=O) groups excluding carboxylic acids is 1. The molecule has 0 saturated carbocycles. The van der Waals surface area contributed by atoms with Crippen LogP contribution in [0.3, 0.4) is 0 Å². The van der Waals surface area contributed by atoms with Crippen molar-refractivity contribution in [3.05, 3.63) is 41.7 Å². The summed E-state index contributed by atoms with van der Waals surface area (Å²) in [6.07, 6.45) is 4.41. The van der Waals surface area contributed by atoms with Crippen LogP contribution in [0.1, 0.15) is 49.8 Å². The molecule has 1 saturated heterocycles. The zero-order valence-electron chi connectivity index (χ0n) is 17.6. The molecule has 8 nitrogen and oxygen atoms in total. The summed E-state index contributed by atoms with van der Waals surface area (Å²) < 4.78 is 15.9. The van der Waals surface area contributed by atoms with Crippen LogP contribution in [0.15, 0.2) is 18.2 Å². The van der Waals surface area contributed by atoms with E-state index in [-0.39, 0.29) is 75.3 Å². The summed E-state index contributed by atoms with van der Waals surface area (Å²) in [6.45, 7) is 6.42. The molecule has 2 N–H and O–H groups in total. The monoisotopic (exact) mass is 442 g/mol. The number of aliphatic hydroxyl groups is 1. The van der Waals surface area contributed by atoms with Gasteiger partial charge in [0.1, 0.15) is 5.82 Å². The van der Waals surface area contributed by atoms with Crippen molar-refractivity contribution in [2.45, 2.75) is 45.8 Å². The molecule has 0 unspecified atom stereocenters. The van der Waals surface area contributed by atoms with Gasteiger partial charge in [0.25, 0.3) is 0 Å². The molecule has 156 valence electrons. The van der Waals surface area contributed by atoms with E-state index in [1.165, 1.54) is 21.6 Å². The van der Waals surface area contributed by atoms with Gasteiger partial charge in [-0.3, -0.25) is 4.79 Å². The van der Waals surface area contributed by atoms with Crippen molar-refractivity contribution in [1.29, 1.82) is 0 Å². The Balaban J connectivity index is 0.000000482. The van der Waals surface area contributed by atoms with Crippen LogP contribution in [0.4, 0.5) is 14.9 Å². The molecule has 0 aliphatic carbocycles. The van der Waals surface area contributed by atoms with Crippen molar-refractivity contribution < 1.29 is 75.6 Å². The predicted molar refractivity (Wildman–Crippen MR) is 104 cm³/mol. The maximum absolute atomic E-state index is 14.5. The van der Waals surface area contributed by atoms with Crippen LogP contribution in [-0.4, -0.2) is 55.4 Å². The van der Waals surface area contributed by atoms with Crippen LogP contribution in [0.25, 0.3) is 5.69 Å². The molecule has 2 aliphatic heterocycles. The van der Waals surface area contributed by atoms with E-state index in [2.05, 4.69) is 11.3 Å². The number of fused-ring (bicyclic) bond motifs is 3. The van der Waals surface area contributed by atoms with Gasteiger partial charge >= 0.3 is 63.4 Å². The quantitative estimate of drug-likeness (QED) is 0.472. The Kier molecular flexibility index (Phi) is 8.22. The normalized spacial score (nSPS) is 14.8. The average molecular weight is 443 g/mol. The van der Waals surface area contributed by atoms with Gasteiger partial charge in [0.2, 0.25) is 0 Å². The molecule has 2 aliphatic rings. The third-order valence-electron chi connectivity index (χ3n) is 4.40. The van der Waals surface area contributed by atoms with Gasteiger partial charge in [-0.25, -0.2) is 9.18 Å². The summed E-state index contributed by atoms with van der Waals surface area (Å²) >= 11 is 0. The molecule has 1 aromatic heterocycles. The number of urea groups is 1. The Hall–Kier alpha value is -1.30. The van der Waals surface area contributed by atoms with Crippen molar-refractivity contribution in [1.82, 2.24) is 14.5 Å².